The van der Waals surface area contributed by atoms with Crippen molar-refractivity contribution in [2.75, 3.05) is 13.2 Å². The third kappa shape index (κ3) is 4.11. The number of halogens is 2. The molecule has 0 saturated carbocycles. The van der Waals surface area contributed by atoms with E-state index in [1.165, 1.54) is 6.92 Å². The van der Waals surface area contributed by atoms with Gasteiger partial charge in [-0.25, -0.2) is 0 Å². The molecule has 1 aromatic rings. The van der Waals surface area contributed by atoms with Gasteiger partial charge in [0.2, 0.25) is 5.91 Å². The zero-order chi connectivity index (χ0) is 14.5. The topological polar surface area (TPSA) is 38.3 Å². The molecule has 0 aliphatic carbocycles. The van der Waals surface area contributed by atoms with E-state index in [0.717, 1.165) is 31.4 Å². The second-order valence-corrected chi connectivity index (χ2v) is 5.94. The first-order valence-corrected chi connectivity index (χ1v) is 7.64. The van der Waals surface area contributed by atoms with Crippen molar-refractivity contribution in [1.82, 2.24) is 5.32 Å². The van der Waals surface area contributed by atoms with Crippen molar-refractivity contribution < 1.29 is 9.53 Å². The van der Waals surface area contributed by atoms with Crippen molar-refractivity contribution in [3.05, 3.63) is 33.8 Å². The van der Waals surface area contributed by atoms with Gasteiger partial charge >= 0.3 is 0 Å². The molecule has 1 saturated heterocycles. The maximum absolute atomic E-state index is 11.1. The fraction of sp³-hybridized carbons (Fsp3) is 0.533. The molecule has 1 aliphatic heterocycles. The molecular weight excluding hydrogens is 297 g/mol. The number of ether oxygens (including phenoxy) is 1. The van der Waals surface area contributed by atoms with E-state index in [2.05, 4.69) is 5.32 Å². The number of hydrogen-bond donors (Lipinski definition) is 1. The fourth-order valence-electron chi connectivity index (χ4n) is 2.57. The summed E-state index contributed by atoms with van der Waals surface area (Å²) >= 11 is 12.1. The Bertz CT molecular complexity index is 479. The van der Waals surface area contributed by atoms with Crippen LogP contribution >= 0.6 is 23.2 Å². The van der Waals surface area contributed by atoms with Gasteiger partial charge in [-0.1, -0.05) is 35.7 Å². The third-order valence-electron chi connectivity index (χ3n) is 3.61. The Morgan fingerprint density at radius 1 is 1.35 bits per heavy atom. The van der Waals surface area contributed by atoms with E-state index < -0.39 is 0 Å². The standard InChI is InChI=1S/C15H19Cl2NO2/c1-10(19)18-9-15-12(4-2-3-7-20-15)11-5-6-13(16)14(17)8-11/h5-6,8,12,15H,2-4,7,9H2,1H3,(H,18,19)/t12?,15-/m1/s1. The van der Waals surface area contributed by atoms with E-state index in [9.17, 15) is 4.79 Å². The molecule has 2 rings (SSSR count). The predicted molar refractivity (Wildman–Crippen MR) is 81.5 cm³/mol. The van der Waals surface area contributed by atoms with Crippen molar-refractivity contribution in [2.24, 2.45) is 0 Å². The first-order chi connectivity index (χ1) is 9.58. The minimum absolute atomic E-state index is 0.0151. The molecule has 1 N–H and O–H groups in total. The van der Waals surface area contributed by atoms with Gasteiger partial charge in [-0.2, -0.15) is 0 Å². The van der Waals surface area contributed by atoms with Crippen molar-refractivity contribution in [3.63, 3.8) is 0 Å². The van der Waals surface area contributed by atoms with Crippen LogP contribution in [-0.4, -0.2) is 25.2 Å². The highest BCUT2D eigenvalue weighted by Crippen LogP contribution is 2.33. The summed E-state index contributed by atoms with van der Waals surface area (Å²) in [7, 11) is 0. The van der Waals surface area contributed by atoms with Crippen LogP contribution in [0.5, 0.6) is 0 Å². The molecule has 20 heavy (non-hydrogen) atoms. The Labute approximate surface area is 129 Å². The van der Waals surface area contributed by atoms with Gasteiger partial charge in [0.15, 0.2) is 0 Å². The molecule has 3 nitrogen and oxygen atoms in total. The van der Waals surface area contributed by atoms with E-state index in [1.807, 2.05) is 18.2 Å². The van der Waals surface area contributed by atoms with E-state index in [-0.39, 0.29) is 17.9 Å². The van der Waals surface area contributed by atoms with Crippen molar-refractivity contribution >= 4 is 29.1 Å². The Morgan fingerprint density at radius 3 is 2.85 bits per heavy atom. The van der Waals surface area contributed by atoms with Crippen LogP contribution in [0.1, 0.15) is 37.7 Å². The van der Waals surface area contributed by atoms with Gasteiger partial charge < -0.3 is 10.1 Å². The minimum atomic E-state index is -0.0364. The van der Waals surface area contributed by atoms with Crippen LogP contribution < -0.4 is 5.32 Å². The van der Waals surface area contributed by atoms with Gasteiger partial charge in [0, 0.05) is 26.0 Å². The summed E-state index contributed by atoms with van der Waals surface area (Å²) in [6.07, 6.45) is 3.18. The zero-order valence-corrected chi connectivity index (χ0v) is 13.0. The van der Waals surface area contributed by atoms with Crippen molar-refractivity contribution in [1.29, 1.82) is 0 Å². The largest absolute Gasteiger partial charge is 0.376 e. The normalized spacial score (nSPS) is 23.1. The first-order valence-electron chi connectivity index (χ1n) is 6.89. The number of hydrogen-bond acceptors (Lipinski definition) is 2. The van der Waals surface area contributed by atoms with Gasteiger partial charge in [0.25, 0.3) is 0 Å². The minimum Gasteiger partial charge on any atom is -0.376 e. The zero-order valence-electron chi connectivity index (χ0n) is 11.5. The average molecular weight is 316 g/mol. The molecule has 1 heterocycles. The van der Waals surface area contributed by atoms with E-state index in [4.69, 9.17) is 27.9 Å². The van der Waals surface area contributed by atoms with Crippen LogP contribution in [0.4, 0.5) is 0 Å². The summed E-state index contributed by atoms with van der Waals surface area (Å²) in [6, 6.07) is 5.72. The van der Waals surface area contributed by atoms with Gasteiger partial charge in [0.05, 0.1) is 16.1 Å². The Kier molecular flexibility index (Phi) is 5.70. The molecule has 0 radical (unpaired) electrons. The molecule has 110 valence electrons. The number of nitrogens with one attached hydrogen (secondary N) is 1. The molecule has 1 aromatic carbocycles. The Balaban J connectivity index is 2.18. The van der Waals surface area contributed by atoms with Crippen LogP contribution in [0.25, 0.3) is 0 Å². The van der Waals surface area contributed by atoms with Crippen LogP contribution in [-0.2, 0) is 9.53 Å². The van der Waals surface area contributed by atoms with Gasteiger partial charge in [0.1, 0.15) is 0 Å². The van der Waals surface area contributed by atoms with Gasteiger partial charge in [-0.3, -0.25) is 4.79 Å². The van der Waals surface area contributed by atoms with Crippen molar-refractivity contribution in [2.45, 2.75) is 38.2 Å². The summed E-state index contributed by atoms with van der Waals surface area (Å²) in [5.41, 5.74) is 1.12. The highest BCUT2D eigenvalue weighted by Gasteiger charge is 2.26. The molecule has 0 spiro atoms. The van der Waals surface area contributed by atoms with Gasteiger partial charge in [-0.05, 0) is 30.5 Å². The quantitative estimate of drug-likeness (QED) is 0.921. The molecule has 1 amide bonds. The van der Waals surface area contributed by atoms with Crippen LogP contribution in [0.2, 0.25) is 10.0 Å². The van der Waals surface area contributed by atoms with E-state index >= 15 is 0 Å². The van der Waals surface area contributed by atoms with Crippen LogP contribution in [0.3, 0.4) is 0 Å². The van der Waals surface area contributed by atoms with Crippen molar-refractivity contribution in [3.8, 4) is 0 Å². The summed E-state index contributed by atoms with van der Waals surface area (Å²) in [5, 5.41) is 3.97. The third-order valence-corrected chi connectivity index (χ3v) is 4.35. The molecule has 1 unspecified atom stereocenters. The van der Waals surface area contributed by atoms with Gasteiger partial charge in [-0.15, -0.1) is 0 Å². The molecule has 0 aromatic heterocycles. The molecule has 1 aliphatic rings. The lowest BCUT2D eigenvalue weighted by atomic mass is 9.89. The smallest absolute Gasteiger partial charge is 0.216 e. The lowest BCUT2D eigenvalue weighted by Crippen LogP contribution is -2.35. The maximum Gasteiger partial charge on any atom is 0.216 e. The molecule has 0 bridgehead atoms. The van der Waals surface area contributed by atoms with Crippen LogP contribution in [0, 0.1) is 0 Å². The Morgan fingerprint density at radius 2 is 2.15 bits per heavy atom. The number of amides is 1. The highest BCUT2D eigenvalue weighted by molar-refractivity contribution is 6.42. The lowest BCUT2D eigenvalue weighted by Gasteiger charge is -2.25. The fourth-order valence-corrected chi connectivity index (χ4v) is 2.88. The number of benzene rings is 1. The molecule has 2 atom stereocenters. The monoisotopic (exact) mass is 315 g/mol. The lowest BCUT2D eigenvalue weighted by molar-refractivity contribution is -0.119. The van der Waals surface area contributed by atoms with E-state index in [1.54, 1.807) is 0 Å². The van der Waals surface area contributed by atoms with Crippen LogP contribution in [0.15, 0.2) is 18.2 Å². The average Bonchev–Trinajstić information content (AvgIpc) is 2.65. The molecular formula is C15H19Cl2NO2. The SMILES string of the molecule is CC(=O)NC[C@H]1OCCCCC1c1ccc(Cl)c(Cl)c1. The second kappa shape index (κ2) is 7.30. The summed E-state index contributed by atoms with van der Waals surface area (Å²) in [6.45, 7) is 2.78. The second-order valence-electron chi connectivity index (χ2n) is 5.12. The summed E-state index contributed by atoms with van der Waals surface area (Å²) in [5.74, 6) is 0.199. The number of carbonyl (C=O) groups is 1. The highest BCUT2D eigenvalue weighted by atomic mass is 35.5. The molecule has 5 heteroatoms. The number of carbonyl (C=O) groups excluding carboxylic acids is 1. The van der Waals surface area contributed by atoms with E-state index in [0.29, 0.717) is 16.6 Å². The number of rotatable bonds is 3. The Hall–Kier alpha value is -0.770. The predicted octanol–water partition coefficient (Wildman–Crippen LogP) is 3.78. The molecule has 1 fully saturated rings. The first kappa shape index (κ1) is 15.6. The maximum atomic E-state index is 11.1. The summed E-state index contributed by atoms with van der Waals surface area (Å²) in [4.78, 5) is 11.1. The summed E-state index contributed by atoms with van der Waals surface area (Å²) < 4.78 is 5.90.